The smallest absolute Gasteiger partial charge is 0.236 e. The van der Waals surface area contributed by atoms with Crippen LogP contribution >= 0.6 is 0 Å². The lowest BCUT2D eigenvalue weighted by Gasteiger charge is -2.35. The van der Waals surface area contributed by atoms with Crippen molar-refractivity contribution in [3.05, 3.63) is 5.82 Å². The second kappa shape index (κ2) is 9.97. The van der Waals surface area contributed by atoms with Gasteiger partial charge < -0.3 is 4.90 Å². The van der Waals surface area contributed by atoms with Gasteiger partial charge in [-0.3, -0.25) is 14.6 Å². The minimum Gasteiger partial charge on any atom is -0.342 e. The molecule has 0 atom stereocenters. The van der Waals surface area contributed by atoms with E-state index in [2.05, 4.69) is 37.1 Å². The highest BCUT2D eigenvalue weighted by Gasteiger charge is 2.23. The average Bonchev–Trinajstić information content (AvgIpc) is 2.91. The zero-order chi connectivity index (χ0) is 18.2. The van der Waals surface area contributed by atoms with Gasteiger partial charge in [0.15, 0.2) is 5.82 Å². The van der Waals surface area contributed by atoms with Gasteiger partial charge in [0.05, 0.1) is 13.1 Å². The van der Waals surface area contributed by atoms with Crippen molar-refractivity contribution in [1.29, 1.82) is 0 Å². The number of aromatic nitrogens is 4. The molecule has 3 rings (SSSR count). The molecule has 0 N–H and O–H groups in total. The molecule has 2 aliphatic rings. The Balaban J connectivity index is 1.41. The molecule has 0 radical (unpaired) electrons. The lowest BCUT2D eigenvalue weighted by molar-refractivity contribution is -0.132. The van der Waals surface area contributed by atoms with Gasteiger partial charge in [-0.2, -0.15) is 0 Å². The van der Waals surface area contributed by atoms with Crippen LogP contribution in [0.15, 0.2) is 0 Å². The molecule has 2 fully saturated rings. The molecule has 8 heteroatoms. The first-order chi connectivity index (χ1) is 12.8. The van der Waals surface area contributed by atoms with Crippen molar-refractivity contribution in [2.24, 2.45) is 0 Å². The molecule has 1 amide bonds. The van der Waals surface area contributed by atoms with E-state index in [1.807, 2.05) is 4.68 Å². The molecule has 0 aromatic carbocycles. The molecule has 1 aromatic rings. The van der Waals surface area contributed by atoms with Crippen LogP contribution in [0.25, 0.3) is 0 Å². The Morgan fingerprint density at radius 2 is 1.65 bits per heavy atom. The first-order valence-electron chi connectivity index (χ1n) is 10.2. The van der Waals surface area contributed by atoms with E-state index in [0.29, 0.717) is 12.5 Å². The van der Waals surface area contributed by atoms with E-state index in [1.165, 1.54) is 12.8 Å². The molecule has 3 heterocycles. The fourth-order valence-corrected chi connectivity index (χ4v) is 3.73. The van der Waals surface area contributed by atoms with Crippen molar-refractivity contribution >= 4 is 5.91 Å². The topological polar surface area (TPSA) is 70.4 Å². The number of carbonyl (C=O) groups is 1. The third-order valence-electron chi connectivity index (χ3n) is 5.48. The summed E-state index contributed by atoms with van der Waals surface area (Å²) in [5.74, 6) is 1.26. The summed E-state index contributed by atoms with van der Waals surface area (Å²) in [5.41, 5.74) is 0. The summed E-state index contributed by atoms with van der Waals surface area (Å²) in [6.45, 7) is 10.1. The number of nitrogens with zero attached hydrogens (tertiary/aromatic N) is 7. The van der Waals surface area contributed by atoms with Crippen molar-refractivity contribution in [1.82, 2.24) is 34.9 Å². The Labute approximate surface area is 156 Å². The number of amides is 1. The fourth-order valence-electron chi connectivity index (χ4n) is 3.73. The monoisotopic (exact) mass is 363 g/mol. The maximum atomic E-state index is 12.5. The lowest BCUT2D eigenvalue weighted by atomic mass is 10.2. The summed E-state index contributed by atoms with van der Waals surface area (Å²) >= 11 is 0. The molecule has 8 nitrogen and oxygen atoms in total. The Kier molecular flexibility index (Phi) is 7.37. The number of likely N-dealkylation sites (tertiary alicyclic amines) is 1. The fraction of sp³-hybridized carbons (Fsp3) is 0.889. The molecule has 2 saturated heterocycles. The van der Waals surface area contributed by atoms with E-state index in [1.54, 1.807) is 0 Å². The standard InChI is InChI=1S/C18H33N7O/c1-2-3-10-25-17(19-20-21-25)15-22-11-13-23(14-12-22)16-18(26)24-8-6-4-5-7-9-24/h2-16H2,1H3. The summed E-state index contributed by atoms with van der Waals surface area (Å²) in [5, 5.41) is 12.1. The average molecular weight is 364 g/mol. The molecule has 0 unspecified atom stereocenters. The number of hydrogen-bond acceptors (Lipinski definition) is 6. The minimum absolute atomic E-state index is 0.309. The molecule has 0 spiro atoms. The van der Waals surface area contributed by atoms with Crippen molar-refractivity contribution in [2.75, 3.05) is 45.8 Å². The number of carbonyl (C=O) groups excluding carboxylic acids is 1. The highest BCUT2D eigenvalue weighted by molar-refractivity contribution is 5.78. The quantitative estimate of drug-likeness (QED) is 0.720. The van der Waals surface area contributed by atoms with Gasteiger partial charge in [0.25, 0.3) is 0 Å². The summed E-state index contributed by atoms with van der Waals surface area (Å²) in [6, 6.07) is 0. The number of aryl methyl sites for hydroxylation is 1. The van der Waals surface area contributed by atoms with Gasteiger partial charge in [-0.05, 0) is 29.7 Å². The molecule has 2 aliphatic heterocycles. The van der Waals surface area contributed by atoms with E-state index in [9.17, 15) is 4.79 Å². The van der Waals surface area contributed by atoms with Crippen LogP contribution in [0.3, 0.4) is 0 Å². The van der Waals surface area contributed by atoms with Crippen LogP contribution in [0.1, 0.15) is 51.3 Å². The van der Waals surface area contributed by atoms with Gasteiger partial charge in [-0.15, -0.1) is 5.10 Å². The van der Waals surface area contributed by atoms with Crippen LogP contribution in [0, 0.1) is 0 Å². The van der Waals surface area contributed by atoms with E-state index in [-0.39, 0.29) is 0 Å². The van der Waals surface area contributed by atoms with Crippen molar-refractivity contribution in [2.45, 2.75) is 58.5 Å². The van der Waals surface area contributed by atoms with E-state index in [0.717, 1.165) is 83.9 Å². The molecule has 146 valence electrons. The predicted octanol–water partition coefficient (Wildman–Crippen LogP) is 0.993. The maximum absolute atomic E-state index is 12.5. The molecule has 26 heavy (non-hydrogen) atoms. The number of unbranched alkanes of at least 4 members (excludes halogenated alkanes) is 1. The Morgan fingerprint density at radius 1 is 0.962 bits per heavy atom. The van der Waals surface area contributed by atoms with Crippen LogP contribution in [-0.4, -0.2) is 86.6 Å². The third kappa shape index (κ3) is 5.48. The van der Waals surface area contributed by atoms with Crippen LogP contribution in [0.4, 0.5) is 0 Å². The van der Waals surface area contributed by atoms with Gasteiger partial charge >= 0.3 is 0 Å². The molecular weight excluding hydrogens is 330 g/mol. The van der Waals surface area contributed by atoms with Gasteiger partial charge in [-0.1, -0.05) is 26.2 Å². The largest absolute Gasteiger partial charge is 0.342 e. The zero-order valence-electron chi connectivity index (χ0n) is 16.1. The molecule has 0 bridgehead atoms. The Morgan fingerprint density at radius 3 is 2.35 bits per heavy atom. The van der Waals surface area contributed by atoms with Crippen LogP contribution < -0.4 is 0 Å². The lowest BCUT2D eigenvalue weighted by Crippen LogP contribution is -2.50. The second-order valence-electron chi connectivity index (χ2n) is 7.52. The Hall–Kier alpha value is -1.54. The minimum atomic E-state index is 0.309. The highest BCUT2D eigenvalue weighted by atomic mass is 16.2. The van der Waals surface area contributed by atoms with Crippen LogP contribution in [0.5, 0.6) is 0 Å². The predicted molar refractivity (Wildman–Crippen MR) is 99.5 cm³/mol. The van der Waals surface area contributed by atoms with Crippen LogP contribution in [0.2, 0.25) is 0 Å². The summed E-state index contributed by atoms with van der Waals surface area (Å²) in [7, 11) is 0. The van der Waals surface area contributed by atoms with Crippen LogP contribution in [-0.2, 0) is 17.9 Å². The SMILES string of the molecule is CCCCn1nnnc1CN1CCN(CC(=O)N2CCCCCC2)CC1. The Bertz CT molecular complexity index is 545. The molecular formula is C18H33N7O. The second-order valence-corrected chi connectivity index (χ2v) is 7.52. The van der Waals surface area contributed by atoms with E-state index >= 15 is 0 Å². The molecule has 0 saturated carbocycles. The summed E-state index contributed by atoms with van der Waals surface area (Å²) in [4.78, 5) is 19.3. The summed E-state index contributed by atoms with van der Waals surface area (Å²) in [6.07, 6.45) is 7.09. The van der Waals surface area contributed by atoms with Gasteiger partial charge in [0.1, 0.15) is 0 Å². The first-order valence-corrected chi connectivity index (χ1v) is 10.2. The van der Waals surface area contributed by atoms with Gasteiger partial charge in [-0.25, -0.2) is 4.68 Å². The summed E-state index contributed by atoms with van der Waals surface area (Å²) < 4.78 is 1.93. The number of hydrogen-bond donors (Lipinski definition) is 0. The van der Waals surface area contributed by atoms with Gasteiger partial charge in [0.2, 0.25) is 5.91 Å². The number of rotatable bonds is 7. The van der Waals surface area contributed by atoms with Crippen molar-refractivity contribution < 1.29 is 4.79 Å². The van der Waals surface area contributed by atoms with E-state index in [4.69, 9.17) is 0 Å². The number of piperazine rings is 1. The maximum Gasteiger partial charge on any atom is 0.236 e. The highest BCUT2D eigenvalue weighted by Crippen LogP contribution is 2.11. The van der Waals surface area contributed by atoms with Crippen molar-refractivity contribution in [3.8, 4) is 0 Å². The number of tetrazole rings is 1. The van der Waals surface area contributed by atoms with Crippen molar-refractivity contribution in [3.63, 3.8) is 0 Å². The third-order valence-corrected chi connectivity index (χ3v) is 5.48. The first kappa shape index (κ1) is 19.2. The zero-order valence-corrected chi connectivity index (χ0v) is 16.1. The molecule has 1 aromatic heterocycles. The van der Waals surface area contributed by atoms with E-state index < -0.39 is 0 Å². The van der Waals surface area contributed by atoms with Gasteiger partial charge in [0, 0.05) is 45.8 Å². The molecule has 0 aliphatic carbocycles. The normalized spacial score (nSPS) is 20.3.